The molecule has 2 heterocycles. The van der Waals surface area contributed by atoms with Crippen molar-refractivity contribution in [3.05, 3.63) is 93.2 Å². The minimum Gasteiger partial charge on any atom is -0.352 e. The maximum atomic E-state index is 13.4. The Hall–Kier alpha value is -3.13. The van der Waals surface area contributed by atoms with E-state index in [1.807, 2.05) is 40.6 Å². The number of alkyl halides is 3. The van der Waals surface area contributed by atoms with Crippen LogP contribution in [0, 0.1) is 5.92 Å². The van der Waals surface area contributed by atoms with E-state index < -0.39 is 17.7 Å². The molecule has 8 heteroatoms. The van der Waals surface area contributed by atoms with Gasteiger partial charge in [-0.05, 0) is 46.7 Å². The van der Waals surface area contributed by atoms with Crippen LogP contribution in [0.3, 0.4) is 0 Å². The first-order valence-corrected chi connectivity index (χ1v) is 12.0. The summed E-state index contributed by atoms with van der Waals surface area (Å²) in [7, 11) is 0. The summed E-state index contributed by atoms with van der Waals surface area (Å²) in [5, 5.41) is 4.69. The molecule has 0 saturated heterocycles. The van der Waals surface area contributed by atoms with E-state index in [2.05, 4.69) is 11.4 Å². The molecule has 2 aromatic carbocycles. The van der Waals surface area contributed by atoms with Crippen molar-refractivity contribution in [2.24, 2.45) is 5.92 Å². The standard InChI is InChI=1S/C26H25F3N2O2S/c1-17(14-23(32)30-16-18-6-5-9-20(15-18)26(27,28)29)25(33)31-12-10-22-21(11-13-34-22)24(31)19-7-3-2-4-8-19/h2-9,11,13,15,17,24H,10,12,14,16H2,1H3,(H,30,32)/t17-,24?/m1/s1. The molecule has 0 saturated carbocycles. The molecule has 3 aromatic rings. The molecule has 1 unspecified atom stereocenters. The Morgan fingerprint density at radius 1 is 1.12 bits per heavy atom. The quantitative estimate of drug-likeness (QED) is 0.494. The highest BCUT2D eigenvalue weighted by molar-refractivity contribution is 7.10. The Bertz CT molecular complexity index is 1160. The van der Waals surface area contributed by atoms with Gasteiger partial charge >= 0.3 is 6.18 Å². The van der Waals surface area contributed by atoms with Crippen molar-refractivity contribution in [2.45, 2.75) is 38.5 Å². The lowest BCUT2D eigenvalue weighted by molar-refractivity contribution is -0.139. The molecule has 34 heavy (non-hydrogen) atoms. The highest BCUT2D eigenvalue weighted by atomic mass is 32.1. The molecule has 1 aromatic heterocycles. The first kappa shape index (κ1) is 24.0. The zero-order chi connectivity index (χ0) is 24.3. The molecule has 0 radical (unpaired) electrons. The van der Waals surface area contributed by atoms with Gasteiger partial charge in [-0.25, -0.2) is 0 Å². The number of carbonyl (C=O) groups excluding carboxylic acids is 2. The second-order valence-electron chi connectivity index (χ2n) is 8.47. The maximum absolute atomic E-state index is 13.4. The van der Waals surface area contributed by atoms with E-state index in [1.54, 1.807) is 18.3 Å². The number of carbonyl (C=O) groups is 2. The number of hydrogen-bond donors (Lipinski definition) is 1. The van der Waals surface area contributed by atoms with Crippen LogP contribution in [0.5, 0.6) is 0 Å². The molecular weight excluding hydrogens is 461 g/mol. The molecule has 4 nitrogen and oxygen atoms in total. The molecular formula is C26H25F3N2O2S. The molecule has 0 aliphatic carbocycles. The average Bonchev–Trinajstić information content (AvgIpc) is 3.31. The van der Waals surface area contributed by atoms with Crippen molar-refractivity contribution >= 4 is 23.2 Å². The van der Waals surface area contributed by atoms with Crippen molar-refractivity contribution in [3.8, 4) is 0 Å². The van der Waals surface area contributed by atoms with E-state index >= 15 is 0 Å². The summed E-state index contributed by atoms with van der Waals surface area (Å²) >= 11 is 1.69. The van der Waals surface area contributed by atoms with Gasteiger partial charge in [-0.15, -0.1) is 11.3 Å². The normalized spacial score (nSPS) is 16.6. The van der Waals surface area contributed by atoms with Crippen LogP contribution in [-0.4, -0.2) is 23.3 Å². The van der Waals surface area contributed by atoms with Crippen molar-refractivity contribution in [3.63, 3.8) is 0 Å². The number of hydrogen-bond acceptors (Lipinski definition) is 3. The lowest BCUT2D eigenvalue weighted by Gasteiger charge is -2.37. The van der Waals surface area contributed by atoms with E-state index in [-0.39, 0.29) is 30.8 Å². The number of thiophene rings is 1. The number of rotatable bonds is 6. The summed E-state index contributed by atoms with van der Waals surface area (Å²) in [6, 6.07) is 16.6. The molecule has 178 valence electrons. The summed E-state index contributed by atoms with van der Waals surface area (Å²) in [6.45, 7) is 2.26. The summed E-state index contributed by atoms with van der Waals surface area (Å²) in [6.07, 6.45) is -3.70. The monoisotopic (exact) mass is 486 g/mol. The molecule has 2 atom stereocenters. The van der Waals surface area contributed by atoms with E-state index in [1.165, 1.54) is 17.0 Å². The average molecular weight is 487 g/mol. The molecule has 4 rings (SSSR count). The van der Waals surface area contributed by atoms with Crippen LogP contribution in [0.4, 0.5) is 13.2 Å². The van der Waals surface area contributed by atoms with E-state index in [0.717, 1.165) is 29.7 Å². The molecule has 1 aliphatic heterocycles. The molecule has 1 N–H and O–H groups in total. The number of halogens is 3. The maximum Gasteiger partial charge on any atom is 0.416 e. The van der Waals surface area contributed by atoms with Gasteiger partial charge in [0.05, 0.1) is 11.6 Å². The summed E-state index contributed by atoms with van der Waals surface area (Å²) in [5.74, 6) is -1.05. The van der Waals surface area contributed by atoms with Crippen LogP contribution in [0.25, 0.3) is 0 Å². The van der Waals surface area contributed by atoms with Gasteiger partial charge in [-0.3, -0.25) is 9.59 Å². The Labute approximate surface area is 200 Å². The topological polar surface area (TPSA) is 49.4 Å². The van der Waals surface area contributed by atoms with Crippen molar-refractivity contribution in [1.29, 1.82) is 0 Å². The smallest absolute Gasteiger partial charge is 0.352 e. The minimum absolute atomic E-state index is 0.0295. The fraction of sp³-hybridized carbons (Fsp3) is 0.308. The summed E-state index contributed by atoms with van der Waals surface area (Å²) in [5.41, 5.74) is 1.74. The molecule has 1 aliphatic rings. The van der Waals surface area contributed by atoms with Crippen LogP contribution in [0.1, 0.15) is 46.5 Å². The predicted octanol–water partition coefficient (Wildman–Crippen LogP) is 5.58. The van der Waals surface area contributed by atoms with Gasteiger partial charge in [0.15, 0.2) is 0 Å². The fourth-order valence-corrected chi connectivity index (χ4v) is 5.23. The van der Waals surface area contributed by atoms with Gasteiger partial charge in [-0.2, -0.15) is 13.2 Å². The van der Waals surface area contributed by atoms with E-state index in [4.69, 9.17) is 0 Å². The zero-order valence-corrected chi connectivity index (χ0v) is 19.5. The molecule has 0 bridgehead atoms. The second-order valence-corrected chi connectivity index (χ2v) is 9.47. The van der Waals surface area contributed by atoms with Gasteiger partial charge in [0.1, 0.15) is 0 Å². The highest BCUT2D eigenvalue weighted by Gasteiger charge is 2.35. The lowest BCUT2D eigenvalue weighted by Crippen LogP contribution is -2.43. The van der Waals surface area contributed by atoms with Crippen LogP contribution in [0.2, 0.25) is 0 Å². The number of benzene rings is 2. The Balaban J connectivity index is 1.41. The predicted molar refractivity (Wildman–Crippen MR) is 125 cm³/mol. The summed E-state index contributed by atoms with van der Waals surface area (Å²) in [4.78, 5) is 29.0. The first-order valence-electron chi connectivity index (χ1n) is 11.1. The SMILES string of the molecule is C[C@H](CC(=O)NCc1cccc(C(F)(F)F)c1)C(=O)N1CCc2sccc2C1c1ccccc1. The second kappa shape index (κ2) is 10.0. The zero-order valence-electron chi connectivity index (χ0n) is 18.6. The van der Waals surface area contributed by atoms with Crippen LogP contribution < -0.4 is 5.32 Å². The van der Waals surface area contributed by atoms with E-state index in [9.17, 15) is 22.8 Å². The van der Waals surface area contributed by atoms with E-state index in [0.29, 0.717) is 12.1 Å². The fourth-order valence-electron chi connectivity index (χ4n) is 4.33. The molecule has 2 amide bonds. The van der Waals surface area contributed by atoms with Crippen molar-refractivity contribution < 1.29 is 22.8 Å². The van der Waals surface area contributed by atoms with Crippen molar-refractivity contribution in [1.82, 2.24) is 10.2 Å². The van der Waals surface area contributed by atoms with Crippen LogP contribution in [-0.2, 0) is 28.7 Å². The molecule has 0 spiro atoms. The van der Waals surface area contributed by atoms with Gasteiger partial charge < -0.3 is 10.2 Å². The van der Waals surface area contributed by atoms with Gasteiger partial charge in [-0.1, -0.05) is 49.4 Å². The Kier molecular flexibility index (Phi) is 7.07. The third-order valence-corrected chi connectivity index (χ3v) is 7.02. The van der Waals surface area contributed by atoms with Crippen LogP contribution in [0.15, 0.2) is 66.0 Å². The van der Waals surface area contributed by atoms with Gasteiger partial charge in [0, 0.05) is 30.3 Å². The number of fused-ring (bicyclic) bond motifs is 1. The third kappa shape index (κ3) is 5.33. The van der Waals surface area contributed by atoms with Crippen molar-refractivity contribution in [2.75, 3.05) is 6.54 Å². The Morgan fingerprint density at radius 3 is 2.62 bits per heavy atom. The number of amides is 2. The minimum atomic E-state index is -4.44. The van der Waals surface area contributed by atoms with Gasteiger partial charge in [0.25, 0.3) is 0 Å². The first-order chi connectivity index (χ1) is 16.2. The molecule has 0 fully saturated rings. The largest absolute Gasteiger partial charge is 0.416 e. The highest BCUT2D eigenvalue weighted by Crippen LogP contribution is 2.38. The van der Waals surface area contributed by atoms with Crippen LogP contribution >= 0.6 is 11.3 Å². The number of nitrogens with zero attached hydrogens (tertiary/aromatic N) is 1. The third-order valence-electron chi connectivity index (χ3n) is 6.02. The van der Waals surface area contributed by atoms with Gasteiger partial charge in [0.2, 0.25) is 11.8 Å². The Morgan fingerprint density at radius 2 is 1.88 bits per heavy atom. The lowest BCUT2D eigenvalue weighted by atomic mass is 9.91. The summed E-state index contributed by atoms with van der Waals surface area (Å²) < 4.78 is 38.7. The number of nitrogens with one attached hydrogen (secondary N) is 1.